The van der Waals surface area contributed by atoms with Crippen LogP contribution in [0.3, 0.4) is 0 Å². The molecule has 0 heterocycles. The van der Waals surface area contributed by atoms with Gasteiger partial charge in [-0.05, 0) is 70.0 Å². The molecule has 2 aromatic rings. The number of aryl methyl sites for hydroxylation is 2. The zero-order valence-corrected chi connectivity index (χ0v) is 16.4. The summed E-state index contributed by atoms with van der Waals surface area (Å²) in [7, 11) is 0. The van der Waals surface area contributed by atoms with Gasteiger partial charge in [0.25, 0.3) is 0 Å². The van der Waals surface area contributed by atoms with Gasteiger partial charge in [0.1, 0.15) is 5.75 Å². The zero-order chi connectivity index (χ0) is 19.8. The minimum absolute atomic E-state index is 0.0864. The normalized spacial score (nSPS) is 10.6. The fraction of sp³-hybridized carbons (Fsp3) is 0.364. The van der Waals surface area contributed by atoms with E-state index in [-0.39, 0.29) is 18.0 Å². The number of anilines is 1. The fourth-order valence-electron chi connectivity index (χ4n) is 2.57. The summed E-state index contributed by atoms with van der Waals surface area (Å²) in [5, 5.41) is 2.82. The smallest absolute Gasteiger partial charge is 0.338 e. The summed E-state index contributed by atoms with van der Waals surface area (Å²) < 4.78 is 10.9. The predicted molar refractivity (Wildman–Crippen MR) is 106 cm³/mol. The van der Waals surface area contributed by atoms with Crippen LogP contribution in [0.1, 0.15) is 48.2 Å². The topological polar surface area (TPSA) is 64.6 Å². The van der Waals surface area contributed by atoms with Gasteiger partial charge in [0.15, 0.2) is 0 Å². The highest BCUT2D eigenvalue weighted by Gasteiger charge is 2.09. The van der Waals surface area contributed by atoms with Gasteiger partial charge in [-0.1, -0.05) is 17.7 Å². The molecule has 0 aliphatic heterocycles. The standard InChI is InChI=1S/C22H27NO4/c1-15(2)27-22(25)18-8-10-19(11-9-18)23-21(24)6-5-13-26-20-12-7-16(3)14-17(20)4/h7-12,14-15H,5-6,13H2,1-4H3,(H,23,24). The summed E-state index contributed by atoms with van der Waals surface area (Å²) >= 11 is 0. The number of ether oxygens (including phenoxy) is 2. The SMILES string of the molecule is Cc1ccc(OCCCC(=O)Nc2ccc(C(=O)OC(C)C)cc2)c(C)c1. The lowest BCUT2D eigenvalue weighted by Gasteiger charge is -2.10. The molecule has 0 fully saturated rings. The Morgan fingerprint density at radius 2 is 1.74 bits per heavy atom. The number of carbonyl (C=O) groups excluding carboxylic acids is 2. The Labute approximate surface area is 160 Å². The van der Waals surface area contributed by atoms with Crippen LogP contribution in [0.15, 0.2) is 42.5 Å². The van der Waals surface area contributed by atoms with Crippen LogP contribution in [0, 0.1) is 13.8 Å². The number of hydrogen-bond acceptors (Lipinski definition) is 4. The highest BCUT2D eigenvalue weighted by atomic mass is 16.5. The Kier molecular flexibility index (Phi) is 7.41. The van der Waals surface area contributed by atoms with Gasteiger partial charge < -0.3 is 14.8 Å². The third kappa shape index (κ3) is 6.77. The molecule has 2 rings (SSSR count). The number of carbonyl (C=O) groups is 2. The third-order valence-corrected chi connectivity index (χ3v) is 3.88. The van der Waals surface area contributed by atoms with Crippen molar-refractivity contribution in [2.45, 2.75) is 46.6 Å². The van der Waals surface area contributed by atoms with Crippen LogP contribution in [0.5, 0.6) is 5.75 Å². The van der Waals surface area contributed by atoms with Crippen molar-refractivity contribution in [2.24, 2.45) is 0 Å². The molecular weight excluding hydrogens is 342 g/mol. The Morgan fingerprint density at radius 1 is 1.04 bits per heavy atom. The summed E-state index contributed by atoms with van der Waals surface area (Å²) in [5.41, 5.74) is 3.40. The van der Waals surface area contributed by atoms with Crippen molar-refractivity contribution in [3.05, 3.63) is 59.2 Å². The Balaban J connectivity index is 1.74. The number of esters is 1. The van der Waals surface area contributed by atoms with Crippen LogP contribution in [-0.4, -0.2) is 24.6 Å². The molecule has 5 heteroatoms. The van der Waals surface area contributed by atoms with E-state index < -0.39 is 0 Å². The number of benzene rings is 2. The first-order chi connectivity index (χ1) is 12.8. The van der Waals surface area contributed by atoms with Crippen molar-refractivity contribution < 1.29 is 19.1 Å². The molecule has 2 aromatic carbocycles. The van der Waals surface area contributed by atoms with Crippen molar-refractivity contribution in [1.82, 2.24) is 0 Å². The van der Waals surface area contributed by atoms with Crippen LogP contribution >= 0.6 is 0 Å². The summed E-state index contributed by atoms with van der Waals surface area (Å²) in [6, 6.07) is 12.7. The summed E-state index contributed by atoms with van der Waals surface area (Å²) in [6.45, 7) is 8.14. The quantitative estimate of drug-likeness (QED) is 0.543. The minimum atomic E-state index is -0.369. The molecule has 0 aromatic heterocycles. The molecule has 27 heavy (non-hydrogen) atoms. The van der Waals surface area contributed by atoms with Gasteiger partial charge in [-0.2, -0.15) is 0 Å². The molecule has 0 aliphatic carbocycles. The lowest BCUT2D eigenvalue weighted by Crippen LogP contribution is -2.14. The predicted octanol–water partition coefficient (Wildman–Crippen LogP) is 4.67. The average Bonchev–Trinajstić information content (AvgIpc) is 2.60. The van der Waals surface area contributed by atoms with Crippen molar-refractivity contribution in [1.29, 1.82) is 0 Å². The van der Waals surface area contributed by atoms with Gasteiger partial charge in [-0.15, -0.1) is 0 Å². The van der Waals surface area contributed by atoms with E-state index in [1.807, 2.05) is 26.0 Å². The van der Waals surface area contributed by atoms with Crippen molar-refractivity contribution in [2.75, 3.05) is 11.9 Å². The van der Waals surface area contributed by atoms with E-state index in [0.717, 1.165) is 11.3 Å². The van der Waals surface area contributed by atoms with E-state index in [2.05, 4.69) is 11.4 Å². The Hall–Kier alpha value is -2.82. The molecule has 0 bridgehead atoms. The maximum absolute atomic E-state index is 12.0. The number of amides is 1. The average molecular weight is 369 g/mol. The lowest BCUT2D eigenvalue weighted by atomic mass is 10.1. The van der Waals surface area contributed by atoms with Crippen molar-refractivity contribution in [3.63, 3.8) is 0 Å². The van der Waals surface area contributed by atoms with Crippen LogP contribution in [-0.2, 0) is 9.53 Å². The van der Waals surface area contributed by atoms with Crippen LogP contribution in [0.25, 0.3) is 0 Å². The summed E-state index contributed by atoms with van der Waals surface area (Å²) in [6.07, 6.45) is 0.822. The molecular formula is C22H27NO4. The first kappa shape index (κ1) is 20.5. The summed E-state index contributed by atoms with van der Waals surface area (Å²) in [4.78, 5) is 23.8. The van der Waals surface area contributed by atoms with E-state index >= 15 is 0 Å². The first-order valence-corrected chi connectivity index (χ1v) is 9.16. The van der Waals surface area contributed by atoms with E-state index in [0.29, 0.717) is 30.7 Å². The second-order valence-corrected chi connectivity index (χ2v) is 6.80. The van der Waals surface area contributed by atoms with Crippen LogP contribution < -0.4 is 10.1 Å². The van der Waals surface area contributed by atoms with Crippen molar-refractivity contribution >= 4 is 17.6 Å². The first-order valence-electron chi connectivity index (χ1n) is 9.16. The second kappa shape index (κ2) is 9.76. The lowest BCUT2D eigenvalue weighted by molar-refractivity contribution is -0.116. The summed E-state index contributed by atoms with van der Waals surface area (Å²) in [5.74, 6) is 0.396. The van der Waals surface area contributed by atoms with Crippen LogP contribution in [0.2, 0.25) is 0 Å². The molecule has 1 amide bonds. The maximum atomic E-state index is 12.0. The van der Waals surface area contributed by atoms with Crippen LogP contribution in [0.4, 0.5) is 5.69 Å². The fourth-order valence-corrected chi connectivity index (χ4v) is 2.57. The highest BCUT2D eigenvalue weighted by molar-refractivity contribution is 5.93. The number of rotatable bonds is 8. The molecule has 0 radical (unpaired) electrons. The largest absolute Gasteiger partial charge is 0.493 e. The van der Waals surface area contributed by atoms with Crippen molar-refractivity contribution in [3.8, 4) is 5.75 Å². The van der Waals surface area contributed by atoms with Gasteiger partial charge in [-0.3, -0.25) is 4.79 Å². The highest BCUT2D eigenvalue weighted by Crippen LogP contribution is 2.19. The van der Waals surface area contributed by atoms with Gasteiger partial charge in [0.05, 0.1) is 18.3 Å². The molecule has 1 N–H and O–H groups in total. The number of nitrogens with one attached hydrogen (secondary N) is 1. The van der Waals surface area contributed by atoms with E-state index in [9.17, 15) is 9.59 Å². The third-order valence-electron chi connectivity index (χ3n) is 3.88. The van der Waals surface area contributed by atoms with E-state index in [1.54, 1.807) is 38.1 Å². The molecule has 0 atom stereocenters. The van der Waals surface area contributed by atoms with Gasteiger partial charge >= 0.3 is 5.97 Å². The van der Waals surface area contributed by atoms with E-state index in [1.165, 1.54) is 5.56 Å². The molecule has 0 unspecified atom stereocenters. The minimum Gasteiger partial charge on any atom is -0.493 e. The molecule has 144 valence electrons. The number of hydrogen-bond donors (Lipinski definition) is 1. The monoisotopic (exact) mass is 369 g/mol. The Morgan fingerprint density at radius 3 is 2.37 bits per heavy atom. The second-order valence-electron chi connectivity index (χ2n) is 6.80. The zero-order valence-electron chi connectivity index (χ0n) is 16.4. The van der Waals surface area contributed by atoms with E-state index in [4.69, 9.17) is 9.47 Å². The van der Waals surface area contributed by atoms with Gasteiger partial charge in [-0.25, -0.2) is 4.79 Å². The molecule has 0 saturated carbocycles. The molecule has 0 spiro atoms. The molecule has 0 saturated heterocycles. The molecule has 5 nitrogen and oxygen atoms in total. The molecule has 0 aliphatic rings. The maximum Gasteiger partial charge on any atom is 0.338 e. The Bertz CT molecular complexity index is 781. The van der Waals surface area contributed by atoms with Gasteiger partial charge in [0.2, 0.25) is 5.91 Å². The van der Waals surface area contributed by atoms with Gasteiger partial charge in [0, 0.05) is 12.1 Å².